The molecule has 1 aliphatic carbocycles. The van der Waals surface area contributed by atoms with Crippen molar-refractivity contribution in [2.45, 2.75) is 51.4 Å². The van der Waals surface area contributed by atoms with Crippen LogP contribution in [0.5, 0.6) is 0 Å². The first kappa shape index (κ1) is 24.5. The lowest BCUT2D eigenvalue weighted by atomic mass is 9.83. The number of esters is 1. The van der Waals surface area contributed by atoms with Gasteiger partial charge in [-0.15, -0.1) is 22.7 Å². The van der Waals surface area contributed by atoms with E-state index in [0.717, 1.165) is 64.9 Å². The van der Waals surface area contributed by atoms with E-state index in [9.17, 15) is 9.59 Å². The van der Waals surface area contributed by atoms with Crippen LogP contribution < -0.4 is 11.1 Å². The van der Waals surface area contributed by atoms with Crippen molar-refractivity contribution in [1.82, 2.24) is 4.98 Å². The molecule has 3 N–H and O–H groups in total. The second kappa shape index (κ2) is 10.4. The molecule has 0 radical (unpaired) electrons. The van der Waals surface area contributed by atoms with Crippen LogP contribution in [0.4, 0.5) is 10.7 Å². The molecule has 0 bridgehead atoms. The fraction of sp³-hybridized carbons (Fsp3) is 0.321. The number of hydrogen-bond donors (Lipinski definition) is 2. The Morgan fingerprint density at radius 1 is 1.17 bits per heavy atom. The lowest BCUT2D eigenvalue weighted by Crippen LogP contribution is -2.16. The Kier molecular flexibility index (Phi) is 7.07. The normalized spacial score (nSPS) is 15.0. The summed E-state index contributed by atoms with van der Waals surface area (Å²) in [4.78, 5) is 33.2. The van der Waals surface area contributed by atoms with Crippen molar-refractivity contribution in [2.24, 2.45) is 0 Å². The molecule has 186 valence electrons. The number of aromatic nitrogens is 1. The Balaban J connectivity index is 1.44. The Labute approximate surface area is 218 Å². The van der Waals surface area contributed by atoms with Crippen LogP contribution in [0.2, 0.25) is 0 Å². The molecule has 36 heavy (non-hydrogen) atoms. The van der Waals surface area contributed by atoms with Crippen LogP contribution in [0.3, 0.4) is 0 Å². The van der Waals surface area contributed by atoms with E-state index >= 15 is 0 Å². The van der Waals surface area contributed by atoms with E-state index in [1.807, 2.05) is 18.2 Å². The van der Waals surface area contributed by atoms with Crippen LogP contribution in [0.1, 0.15) is 73.8 Å². The van der Waals surface area contributed by atoms with E-state index < -0.39 is 5.97 Å². The SMILES string of the molecule is CCCCc1ccc2c(N)c(C(=O)Nc3sc4c(c3C(=O)OC)CCC(c3ccccc3)C4)sc2n1. The minimum Gasteiger partial charge on any atom is -0.465 e. The molecule has 0 aliphatic heterocycles. The van der Waals surface area contributed by atoms with E-state index in [0.29, 0.717) is 27.0 Å². The molecular formula is C28H29N3O3S2. The highest BCUT2D eigenvalue weighted by Gasteiger charge is 2.31. The molecule has 1 aliphatic rings. The molecule has 4 aromatic rings. The number of benzene rings is 1. The van der Waals surface area contributed by atoms with Crippen molar-refractivity contribution in [3.8, 4) is 0 Å². The number of unbranched alkanes of at least 4 members (excludes halogenated alkanes) is 1. The van der Waals surface area contributed by atoms with Crippen LogP contribution in [0.25, 0.3) is 10.2 Å². The number of nitrogens with zero attached hydrogens (tertiary/aromatic N) is 1. The van der Waals surface area contributed by atoms with E-state index in [2.05, 4.69) is 36.5 Å². The fourth-order valence-electron chi connectivity index (χ4n) is 4.86. The van der Waals surface area contributed by atoms with Gasteiger partial charge in [-0.1, -0.05) is 43.7 Å². The molecule has 0 saturated heterocycles. The molecule has 0 saturated carbocycles. The number of carbonyl (C=O) groups is 2. The Bertz CT molecular complexity index is 1430. The molecule has 3 heterocycles. The Morgan fingerprint density at radius 2 is 1.97 bits per heavy atom. The van der Waals surface area contributed by atoms with Crippen molar-refractivity contribution >= 4 is 55.5 Å². The smallest absolute Gasteiger partial charge is 0.341 e. The van der Waals surface area contributed by atoms with Gasteiger partial charge in [-0.05, 0) is 61.3 Å². The lowest BCUT2D eigenvalue weighted by molar-refractivity contribution is 0.0601. The number of nitrogens with one attached hydrogen (secondary N) is 1. The number of hydrogen-bond acceptors (Lipinski definition) is 7. The van der Waals surface area contributed by atoms with Gasteiger partial charge in [0, 0.05) is 16.0 Å². The highest BCUT2D eigenvalue weighted by Crippen LogP contribution is 2.43. The maximum absolute atomic E-state index is 13.4. The summed E-state index contributed by atoms with van der Waals surface area (Å²) in [7, 11) is 1.37. The van der Waals surface area contributed by atoms with Crippen LogP contribution in [-0.4, -0.2) is 24.0 Å². The van der Waals surface area contributed by atoms with Crippen molar-refractivity contribution in [3.05, 3.63) is 74.6 Å². The van der Waals surface area contributed by atoms with Gasteiger partial charge in [-0.3, -0.25) is 4.79 Å². The van der Waals surface area contributed by atoms with Gasteiger partial charge in [-0.25, -0.2) is 9.78 Å². The van der Waals surface area contributed by atoms with Crippen LogP contribution in [0, 0.1) is 0 Å². The first-order chi connectivity index (χ1) is 17.5. The standard InChI is InChI=1S/C28H29N3O3S2/c1-3-4-10-18-12-14-20-23(29)24(36-26(20)30-18)25(32)31-27-22(28(33)34-2)19-13-11-17(15-21(19)35-27)16-8-6-5-7-9-16/h5-9,12,14,17H,3-4,10-11,13,15,29H2,1-2H3,(H,31,32). The molecule has 8 heteroatoms. The Morgan fingerprint density at radius 3 is 2.72 bits per heavy atom. The second-order valence-electron chi connectivity index (χ2n) is 9.11. The number of nitrogens with two attached hydrogens (primary N) is 1. The van der Waals surface area contributed by atoms with E-state index in [-0.39, 0.29) is 5.91 Å². The van der Waals surface area contributed by atoms with Crippen LogP contribution >= 0.6 is 22.7 Å². The first-order valence-electron chi connectivity index (χ1n) is 12.3. The zero-order chi connectivity index (χ0) is 25.2. The van der Waals surface area contributed by atoms with Gasteiger partial charge in [0.2, 0.25) is 0 Å². The van der Waals surface area contributed by atoms with E-state index in [1.54, 1.807) is 0 Å². The number of anilines is 2. The number of methoxy groups -OCH3 is 1. The van der Waals surface area contributed by atoms with E-state index in [1.165, 1.54) is 35.3 Å². The minimum atomic E-state index is -0.424. The summed E-state index contributed by atoms with van der Waals surface area (Å²) in [5.74, 6) is -0.362. The average Bonchev–Trinajstić information content (AvgIpc) is 3.43. The lowest BCUT2D eigenvalue weighted by Gasteiger charge is -2.22. The quantitative estimate of drug-likeness (QED) is 0.269. The van der Waals surface area contributed by atoms with Gasteiger partial charge in [0.1, 0.15) is 14.7 Å². The molecule has 1 unspecified atom stereocenters. The van der Waals surface area contributed by atoms with Gasteiger partial charge >= 0.3 is 5.97 Å². The van der Waals surface area contributed by atoms with Crippen LogP contribution in [-0.2, 0) is 24.0 Å². The predicted octanol–water partition coefficient (Wildman–Crippen LogP) is 6.59. The van der Waals surface area contributed by atoms with Crippen LogP contribution in [0.15, 0.2) is 42.5 Å². The van der Waals surface area contributed by atoms with Gasteiger partial charge in [0.05, 0.1) is 18.4 Å². The maximum atomic E-state index is 13.4. The number of pyridine rings is 1. The predicted molar refractivity (Wildman–Crippen MR) is 147 cm³/mol. The summed E-state index contributed by atoms with van der Waals surface area (Å²) in [6.45, 7) is 2.15. The molecule has 6 nitrogen and oxygen atoms in total. The fourth-order valence-corrected chi connectivity index (χ4v) is 7.18. The van der Waals surface area contributed by atoms with Gasteiger partial charge in [0.15, 0.2) is 0 Å². The zero-order valence-electron chi connectivity index (χ0n) is 20.4. The molecule has 3 aromatic heterocycles. The zero-order valence-corrected chi connectivity index (χ0v) is 22.1. The molecule has 0 fully saturated rings. The van der Waals surface area contributed by atoms with Gasteiger partial charge in [0.25, 0.3) is 5.91 Å². The summed E-state index contributed by atoms with van der Waals surface area (Å²) in [5, 5.41) is 4.30. The molecule has 0 spiro atoms. The number of nitrogen functional groups attached to an aromatic ring is 1. The van der Waals surface area contributed by atoms with Crippen molar-refractivity contribution in [2.75, 3.05) is 18.2 Å². The number of amides is 1. The molecule has 5 rings (SSSR count). The monoisotopic (exact) mass is 519 g/mol. The molecule has 1 aromatic carbocycles. The van der Waals surface area contributed by atoms with Crippen molar-refractivity contribution < 1.29 is 14.3 Å². The molecule has 1 amide bonds. The minimum absolute atomic E-state index is 0.325. The van der Waals surface area contributed by atoms with Gasteiger partial charge in [-0.2, -0.15) is 0 Å². The number of aryl methyl sites for hydroxylation is 1. The number of rotatable bonds is 7. The summed E-state index contributed by atoms with van der Waals surface area (Å²) >= 11 is 2.76. The highest BCUT2D eigenvalue weighted by molar-refractivity contribution is 7.21. The molecule has 1 atom stereocenters. The third kappa shape index (κ3) is 4.63. The van der Waals surface area contributed by atoms with Gasteiger partial charge < -0.3 is 15.8 Å². The summed E-state index contributed by atoms with van der Waals surface area (Å²) in [6.07, 6.45) is 5.61. The summed E-state index contributed by atoms with van der Waals surface area (Å²) in [6, 6.07) is 14.4. The summed E-state index contributed by atoms with van der Waals surface area (Å²) < 4.78 is 5.10. The summed E-state index contributed by atoms with van der Waals surface area (Å²) in [5.41, 5.74) is 10.5. The highest BCUT2D eigenvalue weighted by atomic mass is 32.1. The third-order valence-electron chi connectivity index (χ3n) is 6.80. The average molecular weight is 520 g/mol. The number of thiophene rings is 2. The number of ether oxygens (including phenoxy) is 1. The third-order valence-corrected chi connectivity index (χ3v) is 9.08. The number of carbonyl (C=O) groups excluding carboxylic acids is 2. The molecular weight excluding hydrogens is 490 g/mol. The van der Waals surface area contributed by atoms with E-state index in [4.69, 9.17) is 15.5 Å². The first-order valence-corrected chi connectivity index (χ1v) is 13.9. The number of fused-ring (bicyclic) bond motifs is 2. The second-order valence-corrected chi connectivity index (χ2v) is 11.2. The van der Waals surface area contributed by atoms with Crippen molar-refractivity contribution in [1.29, 1.82) is 0 Å². The topological polar surface area (TPSA) is 94.3 Å². The Hall–Kier alpha value is -3.23. The maximum Gasteiger partial charge on any atom is 0.341 e. The largest absolute Gasteiger partial charge is 0.465 e. The van der Waals surface area contributed by atoms with Crippen molar-refractivity contribution in [3.63, 3.8) is 0 Å².